The van der Waals surface area contributed by atoms with Crippen molar-refractivity contribution >= 4 is 23.3 Å². The summed E-state index contributed by atoms with van der Waals surface area (Å²) < 4.78 is 0. The van der Waals surface area contributed by atoms with Gasteiger partial charge in [0.2, 0.25) is 0 Å². The highest BCUT2D eigenvalue weighted by Gasteiger charge is 2.35. The van der Waals surface area contributed by atoms with Gasteiger partial charge in [-0.1, -0.05) is 0 Å². The van der Waals surface area contributed by atoms with Crippen molar-refractivity contribution in [3.8, 4) is 0 Å². The van der Waals surface area contributed by atoms with E-state index in [9.17, 15) is 9.59 Å². The Hall–Kier alpha value is -1.60. The molecule has 0 N–H and O–H groups in total. The molecule has 0 unspecified atom stereocenters. The SMILES string of the molecule is O=C(N1CCc2sccc2C1)N1CCC[C@H](C(=O)N2CCCO2)C1. The molecule has 7 heteroatoms. The molecule has 0 spiro atoms. The highest BCUT2D eigenvalue weighted by molar-refractivity contribution is 7.10. The summed E-state index contributed by atoms with van der Waals surface area (Å²) in [6, 6.07) is 2.19. The molecule has 3 aliphatic rings. The minimum atomic E-state index is -0.123. The van der Waals surface area contributed by atoms with Crippen molar-refractivity contribution < 1.29 is 14.4 Å². The van der Waals surface area contributed by atoms with Gasteiger partial charge in [-0.2, -0.15) is 0 Å². The second kappa shape index (κ2) is 6.72. The fourth-order valence-electron chi connectivity index (χ4n) is 3.79. The Bertz CT molecular complexity index is 626. The van der Waals surface area contributed by atoms with Gasteiger partial charge >= 0.3 is 6.03 Å². The molecule has 1 aromatic rings. The van der Waals surface area contributed by atoms with Crippen molar-refractivity contribution in [3.05, 3.63) is 21.9 Å². The second-order valence-electron chi connectivity index (χ2n) is 6.74. The van der Waals surface area contributed by atoms with Crippen LogP contribution in [0.4, 0.5) is 4.79 Å². The summed E-state index contributed by atoms with van der Waals surface area (Å²) in [7, 11) is 0. The van der Waals surface area contributed by atoms with Crippen molar-refractivity contribution in [2.45, 2.75) is 32.2 Å². The minimum absolute atomic E-state index is 0.0452. The van der Waals surface area contributed by atoms with Gasteiger partial charge in [-0.05, 0) is 42.7 Å². The standard InChI is InChI=1S/C17H23N3O3S/c21-16(20-7-2-9-23-20)14-3-1-6-18(12-14)17(22)19-8-4-15-13(11-19)5-10-24-15/h5,10,14H,1-4,6-9,11-12H2/t14-/m0/s1. The number of amides is 3. The van der Waals surface area contributed by atoms with Crippen LogP contribution in [0.5, 0.6) is 0 Å². The number of hydrogen-bond acceptors (Lipinski definition) is 4. The minimum Gasteiger partial charge on any atom is -0.324 e. The average molecular weight is 349 g/mol. The maximum Gasteiger partial charge on any atom is 0.320 e. The number of likely N-dealkylation sites (tertiary alicyclic amines) is 1. The predicted molar refractivity (Wildman–Crippen MR) is 90.4 cm³/mol. The van der Waals surface area contributed by atoms with Gasteiger partial charge in [0, 0.05) is 31.1 Å². The lowest BCUT2D eigenvalue weighted by atomic mass is 9.97. The zero-order chi connectivity index (χ0) is 16.5. The molecule has 0 bridgehead atoms. The molecule has 6 nitrogen and oxygen atoms in total. The molecule has 1 atom stereocenters. The van der Waals surface area contributed by atoms with E-state index in [2.05, 4.69) is 11.4 Å². The number of rotatable bonds is 1. The number of fused-ring (bicyclic) bond motifs is 1. The summed E-state index contributed by atoms with van der Waals surface area (Å²) in [5.41, 5.74) is 1.27. The quantitative estimate of drug-likeness (QED) is 0.780. The van der Waals surface area contributed by atoms with E-state index in [1.54, 1.807) is 11.3 Å². The van der Waals surface area contributed by atoms with E-state index in [4.69, 9.17) is 4.84 Å². The van der Waals surface area contributed by atoms with Gasteiger partial charge in [0.25, 0.3) is 5.91 Å². The van der Waals surface area contributed by atoms with Crippen LogP contribution >= 0.6 is 11.3 Å². The third-order valence-corrected chi connectivity index (χ3v) is 6.14. The van der Waals surface area contributed by atoms with Crippen LogP contribution in [0.3, 0.4) is 0 Å². The molecule has 4 heterocycles. The van der Waals surface area contributed by atoms with Crippen LogP contribution in [0.25, 0.3) is 0 Å². The molecule has 4 rings (SSSR count). The molecular formula is C17H23N3O3S. The summed E-state index contributed by atoms with van der Waals surface area (Å²) in [5.74, 6) is -0.0777. The largest absolute Gasteiger partial charge is 0.324 e. The van der Waals surface area contributed by atoms with Gasteiger partial charge < -0.3 is 9.80 Å². The van der Waals surface area contributed by atoms with Gasteiger partial charge in [0.05, 0.1) is 19.1 Å². The molecule has 24 heavy (non-hydrogen) atoms. The second-order valence-corrected chi connectivity index (χ2v) is 7.74. The van der Waals surface area contributed by atoms with E-state index in [0.717, 1.165) is 38.8 Å². The summed E-state index contributed by atoms with van der Waals surface area (Å²) >= 11 is 1.78. The van der Waals surface area contributed by atoms with E-state index in [1.807, 2.05) is 9.80 Å². The van der Waals surface area contributed by atoms with Gasteiger partial charge in [0.15, 0.2) is 0 Å². The first kappa shape index (κ1) is 15.9. The molecule has 0 saturated carbocycles. The van der Waals surface area contributed by atoms with E-state index in [-0.39, 0.29) is 17.9 Å². The van der Waals surface area contributed by atoms with Crippen molar-refractivity contribution in [2.24, 2.45) is 5.92 Å². The normalized spacial score (nSPS) is 24.2. The molecule has 0 aromatic carbocycles. The van der Waals surface area contributed by atoms with Gasteiger partial charge in [-0.15, -0.1) is 11.3 Å². The Morgan fingerprint density at radius 2 is 2.08 bits per heavy atom. The average Bonchev–Trinajstić information content (AvgIpc) is 3.31. The lowest BCUT2D eigenvalue weighted by molar-refractivity contribution is -0.174. The van der Waals surface area contributed by atoms with Gasteiger partial charge in [-0.25, -0.2) is 9.86 Å². The maximum absolute atomic E-state index is 12.9. The first-order valence-electron chi connectivity index (χ1n) is 8.76. The van der Waals surface area contributed by atoms with E-state index >= 15 is 0 Å². The van der Waals surface area contributed by atoms with E-state index in [0.29, 0.717) is 26.2 Å². The Kier molecular flexibility index (Phi) is 4.45. The topological polar surface area (TPSA) is 53.1 Å². The number of urea groups is 1. The lowest BCUT2D eigenvalue weighted by Crippen LogP contribution is -2.51. The summed E-state index contributed by atoms with van der Waals surface area (Å²) in [6.45, 7) is 4.04. The number of thiophene rings is 1. The van der Waals surface area contributed by atoms with E-state index in [1.165, 1.54) is 15.5 Å². The maximum atomic E-state index is 12.9. The Morgan fingerprint density at radius 3 is 2.92 bits per heavy atom. The zero-order valence-electron chi connectivity index (χ0n) is 13.8. The lowest BCUT2D eigenvalue weighted by Gasteiger charge is -2.37. The summed E-state index contributed by atoms with van der Waals surface area (Å²) in [5, 5.41) is 3.60. The van der Waals surface area contributed by atoms with Crippen LogP contribution in [-0.2, 0) is 22.6 Å². The summed E-state index contributed by atoms with van der Waals surface area (Å²) in [4.78, 5) is 36.0. The first-order valence-corrected chi connectivity index (χ1v) is 9.64. The summed E-state index contributed by atoms with van der Waals surface area (Å²) in [6.07, 6.45) is 3.57. The van der Waals surface area contributed by atoms with Crippen LogP contribution in [0.2, 0.25) is 0 Å². The third kappa shape index (κ3) is 3.02. The highest BCUT2D eigenvalue weighted by atomic mass is 32.1. The molecule has 130 valence electrons. The molecule has 2 saturated heterocycles. The number of carbonyl (C=O) groups is 2. The van der Waals surface area contributed by atoms with Crippen LogP contribution in [0.1, 0.15) is 29.7 Å². The van der Waals surface area contributed by atoms with Crippen LogP contribution in [0.15, 0.2) is 11.4 Å². The number of nitrogens with zero attached hydrogens (tertiary/aromatic N) is 3. The Morgan fingerprint density at radius 1 is 1.17 bits per heavy atom. The van der Waals surface area contributed by atoms with Crippen molar-refractivity contribution in [2.75, 3.05) is 32.8 Å². The van der Waals surface area contributed by atoms with Gasteiger partial charge in [-0.3, -0.25) is 9.63 Å². The molecule has 3 amide bonds. The van der Waals surface area contributed by atoms with Crippen molar-refractivity contribution in [1.29, 1.82) is 0 Å². The highest BCUT2D eigenvalue weighted by Crippen LogP contribution is 2.26. The van der Waals surface area contributed by atoms with Gasteiger partial charge in [0.1, 0.15) is 0 Å². The Labute approximate surface area is 145 Å². The van der Waals surface area contributed by atoms with Crippen molar-refractivity contribution in [3.63, 3.8) is 0 Å². The third-order valence-electron chi connectivity index (χ3n) is 5.12. The fourth-order valence-corrected chi connectivity index (χ4v) is 4.68. The smallest absolute Gasteiger partial charge is 0.320 e. The number of hydroxylamine groups is 2. The van der Waals surface area contributed by atoms with Crippen molar-refractivity contribution in [1.82, 2.24) is 14.9 Å². The molecule has 1 aromatic heterocycles. The molecule has 3 aliphatic heterocycles. The van der Waals surface area contributed by atoms with Crippen LogP contribution in [0, 0.1) is 5.92 Å². The molecule has 0 aliphatic carbocycles. The Balaban J connectivity index is 1.39. The first-order chi connectivity index (χ1) is 11.7. The number of carbonyl (C=O) groups excluding carboxylic acids is 2. The molecule has 0 radical (unpaired) electrons. The fraction of sp³-hybridized carbons (Fsp3) is 0.647. The zero-order valence-corrected chi connectivity index (χ0v) is 14.6. The molecular weight excluding hydrogens is 326 g/mol. The van der Waals surface area contributed by atoms with E-state index < -0.39 is 0 Å². The monoisotopic (exact) mass is 349 g/mol. The number of hydrogen-bond donors (Lipinski definition) is 0. The molecule has 2 fully saturated rings. The van der Waals surface area contributed by atoms with Crippen LogP contribution < -0.4 is 0 Å². The predicted octanol–water partition coefficient (Wildman–Crippen LogP) is 2.10. The number of piperidine rings is 1. The van der Waals surface area contributed by atoms with Crippen LogP contribution in [-0.4, -0.2) is 59.6 Å².